The molecule has 0 unspecified atom stereocenters. The predicted octanol–water partition coefficient (Wildman–Crippen LogP) is 4.16. The number of pyridine rings is 2. The SMILES string of the molecule is COc1c(Nc2cc(Nc3ccc(-c4ncn(C)n4)cn3)ncc2C(=O)C2CC2)cccc1-c1ncn(C)n1. The number of Topliss-reactive ketones (excluding diaryl/α,β-unsaturated/α-hetero) is 1. The number of methoxy groups -OCH3 is 1. The molecular formula is C27H26N10O2. The Bertz CT molecular complexity index is 1650. The number of nitrogens with zero attached hydrogens (tertiary/aromatic N) is 8. The first-order chi connectivity index (χ1) is 19.0. The minimum Gasteiger partial charge on any atom is -0.494 e. The van der Waals surface area contributed by atoms with Crippen molar-refractivity contribution in [3.8, 4) is 28.5 Å². The highest BCUT2D eigenvalue weighted by Gasteiger charge is 2.32. The average Bonchev–Trinajstić information content (AvgIpc) is 3.57. The molecule has 12 nitrogen and oxygen atoms in total. The van der Waals surface area contributed by atoms with Gasteiger partial charge in [-0.05, 0) is 37.1 Å². The van der Waals surface area contributed by atoms with Crippen LogP contribution in [0.4, 0.5) is 23.0 Å². The normalized spacial score (nSPS) is 12.8. The second-order valence-corrected chi connectivity index (χ2v) is 9.31. The van der Waals surface area contributed by atoms with Crippen LogP contribution < -0.4 is 15.4 Å². The fraction of sp³-hybridized carbons (Fsp3) is 0.222. The third-order valence-electron chi connectivity index (χ3n) is 6.32. The quantitative estimate of drug-likeness (QED) is 0.271. The Labute approximate surface area is 224 Å². The molecule has 1 aliphatic carbocycles. The van der Waals surface area contributed by atoms with Crippen LogP contribution in [0.1, 0.15) is 23.2 Å². The second kappa shape index (κ2) is 9.97. The lowest BCUT2D eigenvalue weighted by molar-refractivity contribution is 0.0968. The number of hydrogen-bond donors (Lipinski definition) is 2. The number of carbonyl (C=O) groups is 1. The van der Waals surface area contributed by atoms with E-state index in [0.29, 0.717) is 46.0 Å². The predicted molar refractivity (Wildman–Crippen MR) is 145 cm³/mol. The van der Waals surface area contributed by atoms with Crippen molar-refractivity contribution < 1.29 is 9.53 Å². The zero-order valence-electron chi connectivity index (χ0n) is 21.7. The minimum absolute atomic E-state index is 0.0338. The molecule has 0 bridgehead atoms. The lowest BCUT2D eigenvalue weighted by Gasteiger charge is -2.17. The van der Waals surface area contributed by atoms with Crippen LogP contribution in [-0.2, 0) is 14.1 Å². The lowest BCUT2D eigenvalue weighted by atomic mass is 10.1. The molecule has 0 saturated heterocycles. The molecule has 5 aromatic rings. The summed E-state index contributed by atoms with van der Waals surface area (Å²) in [5, 5.41) is 15.3. The number of aryl methyl sites for hydroxylation is 2. The molecular weight excluding hydrogens is 496 g/mol. The first kappa shape index (κ1) is 24.2. The highest BCUT2D eigenvalue weighted by molar-refractivity contribution is 6.04. The van der Waals surface area contributed by atoms with Gasteiger partial charge in [0.2, 0.25) is 0 Å². The van der Waals surface area contributed by atoms with E-state index in [1.165, 1.54) is 0 Å². The van der Waals surface area contributed by atoms with Gasteiger partial charge in [-0.15, -0.1) is 0 Å². The van der Waals surface area contributed by atoms with Gasteiger partial charge in [-0.2, -0.15) is 10.2 Å². The van der Waals surface area contributed by atoms with Crippen LogP contribution in [0.15, 0.2) is 61.4 Å². The summed E-state index contributed by atoms with van der Waals surface area (Å²) < 4.78 is 9.03. The maximum absolute atomic E-state index is 13.1. The van der Waals surface area contributed by atoms with Crippen molar-refractivity contribution in [2.45, 2.75) is 12.8 Å². The van der Waals surface area contributed by atoms with Gasteiger partial charge in [0.1, 0.15) is 24.3 Å². The summed E-state index contributed by atoms with van der Waals surface area (Å²) >= 11 is 0. The molecule has 1 aliphatic rings. The number of ketones is 1. The summed E-state index contributed by atoms with van der Waals surface area (Å²) in [4.78, 5) is 30.7. The Balaban J connectivity index is 1.31. The molecule has 0 spiro atoms. The average molecular weight is 523 g/mol. The molecule has 39 heavy (non-hydrogen) atoms. The molecule has 6 rings (SSSR count). The number of hydrogen-bond acceptors (Lipinski definition) is 10. The van der Waals surface area contributed by atoms with Crippen LogP contribution in [0, 0.1) is 5.92 Å². The highest BCUT2D eigenvalue weighted by atomic mass is 16.5. The molecule has 0 radical (unpaired) electrons. The molecule has 0 atom stereocenters. The van der Waals surface area contributed by atoms with Gasteiger partial charge >= 0.3 is 0 Å². The Morgan fingerprint density at radius 2 is 1.62 bits per heavy atom. The van der Waals surface area contributed by atoms with E-state index in [-0.39, 0.29) is 11.7 Å². The third-order valence-corrected chi connectivity index (χ3v) is 6.32. The molecule has 12 heteroatoms. The van der Waals surface area contributed by atoms with Crippen molar-refractivity contribution in [1.82, 2.24) is 39.5 Å². The van der Waals surface area contributed by atoms with Crippen LogP contribution in [-0.4, -0.2) is 52.4 Å². The Kier molecular flexibility index (Phi) is 6.19. The molecule has 2 N–H and O–H groups in total. The van der Waals surface area contributed by atoms with E-state index in [1.807, 2.05) is 44.4 Å². The van der Waals surface area contributed by atoms with Crippen molar-refractivity contribution in [3.63, 3.8) is 0 Å². The number of anilines is 4. The fourth-order valence-corrected chi connectivity index (χ4v) is 4.23. The smallest absolute Gasteiger partial charge is 0.184 e. The van der Waals surface area contributed by atoms with Crippen LogP contribution in [0.25, 0.3) is 22.8 Å². The van der Waals surface area contributed by atoms with E-state index in [0.717, 1.165) is 24.0 Å². The molecule has 1 aromatic carbocycles. The van der Waals surface area contributed by atoms with E-state index in [4.69, 9.17) is 4.74 Å². The number of rotatable bonds is 9. The minimum atomic E-state index is 0.0338. The monoisotopic (exact) mass is 522 g/mol. The van der Waals surface area contributed by atoms with Crippen molar-refractivity contribution >= 4 is 28.8 Å². The van der Waals surface area contributed by atoms with Crippen molar-refractivity contribution in [1.29, 1.82) is 0 Å². The summed E-state index contributed by atoms with van der Waals surface area (Å²) in [5.74, 6) is 2.94. The topological polar surface area (TPSA) is 138 Å². The second-order valence-electron chi connectivity index (χ2n) is 9.31. The molecule has 1 fully saturated rings. The van der Waals surface area contributed by atoms with Crippen LogP contribution in [0.5, 0.6) is 5.75 Å². The van der Waals surface area contributed by atoms with E-state index < -0.39 is 0 Å². The first-order valence-electron chi connectivity index (χ1n) is 12.4. The Hall–Kier alpha value is -5.13. The van der Waals surface area contributed by atoms with E-state index in [9.17, 15) is 4.79 Å². The number of ether oxygens (including phenoxy) is 1. The van der Waals surface area contributed by atoms with Crippen molar-refractivity contribution in [2.24, 2.45) is 20.0 Å². The lowest BCUT2D eigenvalue weighted by Crippen LogP contribution is -2.09. The molecule has 0 amide bonds. The zero-order valence-corrected chi connectivity index (χ0v) is 21.7. The zero-order chi connectivity index (χ0) is 26.9. The van der Waals surface area contributed by atoms with Crippen LogP contribution in [0.3, 0.4) is 0 Å². The largest absolute Gasteiger partial charge is 0.494 e. The Morgan fingerprint density at radius 3 is 2.26 bits per heavy atom. The van der Waals surface area contributed by atoms with Gasteiger partial charge in [0.25, 0.3) is 0 Å². The van der Waals surface area contributed by atoms with E-state index in [1.54, 1.807) is 47.6 Å². The van der Waals surface area contributed by atoms with Gasteiger partial charge in [0.15, 0.2) is 23.2 Å². The van der Waals surface area contributed by atoms with E-state index >= 15 is 0 Å². The first-order valence-corrected chi connectivity index (χ1v) is 12.4. The summed E-state index contributed by atoms with van der Waals surface area (Å²) in [5.41, 5.74) is 3.35. The van der Waals surface area contributed by atoms with Crippen LogP contribution >= 0.6 is 0 Å². The highest BCUT2D eigenvalue weighted by Crippen LogP contribution is 2.39. The number of aromatic nitrogens is 8. The molecule has 0 aliphatic heterocycles. The maximum atomic E-state index is 13.1. The molecule has 1 saturated carbocycles. The molecule has 196 valence electrons. The molecule has 4 aromatic heterocycles. The summed E-state index contributed by atoms with van der Waals surface area (Å²) in [6.45, 7) is 0. The standard InChI is InChI=1S/C27H26N10O2/c1-36-14-30-26(34-36)17-9-10-22(28-12-17)33-23-11-21(19(13-29-23)24(38)16-7-8-16)32-20-6-4-5-18(25(20)39-3)27-31-15-37(2)35-27/h4-6,9-16H,7-8H2,1-3H3,(H2,28,29,32,33). The summed E-state index contributed by atoms with van der Waals surface area (Å²) in [6.07, 6.45) is 8.36. The summed E-state index contributed by atoms with van der Waals surface area (Å²) in [7, 11) is 5.22. The van der Waals surface area contributed by atoms with Crippen molar-refractivity contribution in [2.75, 3.05) is 17.7 Å². The van der Waals surface area contributed by atoms with E-state index in [2.05, 4.69) is 40.8 Å². The van der Waals surface area contributed by atoms with Crippen LogP contribution in [0.2, 0.25) is 0 Å². The number of para-hydroxylation sites is 1. The Morgan fingerprint density at radius 1 is 0.872 bits per heavy atom. The molecule has 4 heterocycles. The van der Waals surface area contributed by atoms with Gasteiger partial charge < -0.3 is 15.4 Å². The van der Waals surface area contributed by atoms with Crippen molar-refractivity contribution in [3.05, 3.63) is 67.0 Å². The number of nitrogens with one attached hydrogen (secondary N) is 2. The van der Waals surface area contributed by atoms with Gasteiger partial charge in [-0.3, -0.25) is 14.2 Å². The third kappa shape index (κ3) is 5.04. The fourth-order valence-electron chi connectivity index (χ4n) is 4.23. The van der Waals surface area contributed by atoms with Gasteiger partial charge in [0.05, 0.1) is 29.6 Å². The van der Waals surface area contributed by atoms with Gasteiger partial charge in [0, 0.05) is 44.0 Å². The van der Waals surface area contributed by atoms with Gasteiger partial charge in [-0.1, -0.05) is 6.07 Å². The maximum Gasteiger partial charge on any atom is 0.184 e. The van der Waals surface area contributed by atoms with Gasteiger partial charge in [-0.25, -0.2) is 19.9 Å². The number of carbonyl (C=O) groups excluding carboxylic acids is 1. The number of benzene rings is 1. The summed E-state index contributed by atoms with van der Waals surface area (Å²) in [6, 6.07) is 11.2.